The number of nitrogens with zero attached hydrogens (tertiary/aromatic N) is 3. The molecule has 0 spiro atoms. The van der Waals surface area contributed by atoms with Crippen LogP contribution in [0.1, 0.15) is 25.0 Å². The first-order valence-corrected chi connectivity index (χ1v) is 11.0. The first-order valence-electron chi connectivity index (χ1n) is 9.52. The van der Waals surface area contributed by atoms with E-state index in [0.29, 0.717) is 11.4 Å². The second-order valence-electron chi connectivity index (χ2n) is 7.55. The molecule has 1 aliphatic rings. The number of alkyl halides is 3. The van der Waals surface area contributed by atoms with E-state index in [9.17, 15) is 26.4 Å². The van der Waals surface area contributed by atoms with Crippen molar-refractivity contribution in [3.05, 3.63) is 53.7 Å². The highest BCUT2D eigenvalue weighted by Crippen LogP contribution is 2.31. The molecule has 31 heavy (non-hydrogen) atoms. The molecule has 11 heteroatoms. The number of hydrogen-bond donors (Lipinski definition) is 1. The lowest BCUT2D eigenvalue weighted by Gasteiger charge is -2.44. The Morgan fingerprint density at radius 3 is 2.32 bits per heavy atom. The van der Waals surface area contributed by atoms with Gasteiger partial charge in [0, 0.05) is 31.4 Å². The maximum atomic E-state index is 13.1. The van der Waals surface area contributed by atoms with Gasteiger partial charge in [0.05, 0.1) is 16.9 Å². The number of rotatable bonds is 5. The molecule has 0 radical (unpaired) electrons. The van der Waals surface area contributed by atoms with Gasteiger partial charge in [-0.25, -0.2) is 13.4 Å². The topological polar surface area (TPSA) is 90.8 Å². The number of piperazine rings is 1. The second kappa shape index (κ2) is 8.46. The quantitative estimate of drug-likeness (QED) is 0.742. The standard InChI is InChI=1S/C20H22F3N3O4S/c1-13-11-25(31(29,30)17-5-3-4-15(8-17)9-19(27)28)12-14(2)26(13)18-7-6-16(10-24-18)20(21,22)23/h3-8,10,13-14H,9,11-12H2,1-2H3,(H,27,28). The Balaban J connectivity index is 1.81. The summed E-state index contributed by atoms with van der Waals surface area (Å²) in [6.07, 6.45) is -4.00. The fourth-order valence-electron chi connectivity index (χ4n) is 3.77. The van der Waals surface area contributed by atoms with Crippen LogP contribution in [-0.2, 0) is 27.4 Å². The Morgan fingerprint density at radius 1 is 1.16 bits per heavy atom. The highest BCUT2D eigenvalue weighted by molar-refractivity contribution is 7.89. The number of aromatic nitrogens is 1. The van der Waals surface area contributed by atoms with Gasteiger partial charge in [-0.1, -0.05) is 12.1 Å². The number of anilines is 1. The number of halogens is 3. The summed E-state index contributed by atoms with van der Waals surface area (Å²) in [5, 5.41) is 8.94. The van der Waals surface area contributed by atoms with E-state index in [4.69, 9.17) is 5.11 Å². The van der Waals surface area contributed by atoms with E-state index in [2.05, 4.69) is 4.98 Å². The van der Waals surface area contributed by atoms with Crippen molar-refractivity contribution in [1.29, 1.82) is 0 Å². The predicted octanol–water partition coefficient (Wildman–Crippen LogP) is 3.02. The minimum atomic E-state index is -4.48. The molecule has 2 unspecified atom stereocenters. The minimum absolute atomic E-state index is 0.00625. The van der Waals surface area contributed by atoms with Crippen LogP contribution in [0.2, 0.25) is 0 Å². The molecule has 2 atom stereocenters. The monoisotopic (exact) mass is 457 g/mol. The van der Waals surface area contributed by atoms with E-state index in [0.717, 1.165) is 12.3 Å². The van der Waals surface area contributed by atoms with Gasteiger partial charge in [-0.2, -0.15) is 17.5 Å². The van der Waals surface area contributed by atoms with Crippen molar-refractivity contribution in [2.24, 2.45) is 0 Å². The lowest BCUT2D eigenvalue weighted by atomic mass is 10.1. The van der Waals surface area contributed by atoms with Gasteiger partial charge in [0.25, 0.3) is 0 Å². The third-order valence-electron chi connectivity index (χ3n) is 5.12. The highest BCUT2D eigenvalue weighted by atomic mass is 32.2. The zero-order chi connectivity index (χ0) is 23.0. The Labute approximate surface area is 178 Å². The molecular formula is C20H22F3N3O4S. The van der Waals surface area contributed by atoms with Crippen molar-refractivity contribution >= 4 is 21.8 Å². The smallest absolute Gasteiger partial charge is 0.417 e. The lowest BCUT2D eigenvalue weighted by Crippen LogP contribution is -2.58. The number of carboxylic acids is 1. The van der Waals surface area contributed by atoms with E-state index in [1.165, 1.54) is 28.6 Å². The van der Waals surface area contributed by atoms with Gasteiger partial charge in [0.15, 0.2) is 0 Å². The van der Waals surface area contributed by atoms with Gasteiger partial charge < -0.3 is 10.0 Å². The average Bonchev–Trinajstić information content (AvgIpc) is 2.67. The molecule has 1 fully saturated rings. The molecular weight excluding hydrogens is 435 g/mol. The Bertz CT molecular complexity index is 1050. The average molecular weight is 457 g/mol. The third kappa shape index (κ3) is 4.99. The normalized spacial score (nSPS) is 20.6. The molecule has 1 saturated heterocycles. The van der Waals surface area contributed by atoms with Crippen LogP contribution in [0.25, 0.3) is 0 Å². The molecule has 3 rings (SSSR count). The number of aliphatic carboxylic acids is 1. The largest absolute Gasteiger partial charge is 0.481 e. The maximum absolute atomic E-state index is 13.1. The number of carbonyl (C=O) groups is 1. The van der Waals surface area contributed by atoms with E-state index in [1.54, 1.807) is 24.8 Å². The van der Waals surface area contributed by atoms with Crippen molar-refractivity contribution < 1.29 is 31.5 Å². The van der Waals surface area contributed by atoms with E-state index >= 15 is 0 Å². The van der Waals surface area contributed by atoms with Gasteiger partial charge in [-0.15, -0.1) is 0 Å². The summed E-state index contributed by atoms with van der Waals surface area (Å²) in [5.74, 6) is -0.719. The number of benzene rings is 1. The summed E-state index contributed by atoms with van der Waals surface area (Å²) in [4.78, 5) is 16.7. The first kappa shape index (κ1) is 23.0. The molecule has 1 aromatic carbocycles. The van der Waals surface area contributed by atoms with E-state index < -0.39 is 27.7 Å². The van der Waals surface area contributed by atoms with Crippen molar-refractivity contribution in [1.82, 2.24) is 9.29 Å². The number of carboxylic acid groups (broad SMARTS) is 1. The predicted molar refractivity (Wildman–Crippen MR) is 107 cm³/mol. The minimum Gasteiger partial charge on any atom is -0.481 e. The summed E-state index contributed by atoms with van der Waals surface area (Å²) in [6.45, 7) is 3.77. The van der Waals surface area contributed by atoms with Crippen molar-refractivity contribution in [3.8, 4) is 0 Å². The van der Waals surface area contributed by atoms with Crippen molar-refractivity contribution in [2.45, 2.75) is 43.4 Å². The van der Waals surface area contributed by atoms with Crippen LogP contribution in [-0.4, -0.2) is 54.0 Å². The summed E-state index contributed by atoms with van der Waals surface area (Å²) < 4.78 is 66.0. The maximum Gasteiger partial charge on any atom is 0.417 e. The Hall–Kier alpha value is -2.66. The van der Waals surface area contributed by atoms with Gasteiger partial charge in [0.1, 0.15) is 5.82 Å². The van der Waals surface area contributed by atoms with Gasteiger partial charge >= 0.3 is 12.1 Å². The molecule has 7 nitrogen and oxygen atoms in total. The summed E-state index contributed by atoms with van der Waals surface area (Å²) in [6, 6.07) is 7.37. The van der Waals surface area contributed by atoms with Crippen LogP contribution in [0.3, 0.4) is 0 Å². The second-order valence-corrected chi connectivity index (χ2v) is 9.49. The lowest BCUT2D eigenvalue weighted by molar-refractivity contribution is -0.138. The zero-order valence-corrected chi connectivity index (χ0v) is 17.7. The number of pyridine rings is 1. The molecule has 1 aromatic heterocycles. The van der Waals surface area contributed by atoms with Crippen LogP contribution < -0.4 is 4.90 Å². The molecule has 0 bridgehead atoms. The van der Waals surface area contributed by atoms with Crippen LogP contribution in [0.4, 0.5) is 19.0 Å². The zero-order valence-electron chi connectivity index (χ0n) is 16.9. The molecule has 0 amide bonds. The van der Waals surface area contributed by atoms with Crippen molar-refractivity contribution in [2.75, 3.05) is 18.0 Å². The Kier molecular flexibility index (Phi) is 6.28. The molecule has 168 valence electrons. The SMILES string of the molecule is CC1CN(S(=O)(=O)c2cccc(CC(=O)O)c2)CC(C)N1c1ccc(C(F)(F)F)cn1. The molecule has 2 heterocycles. The molecule has 1 aliphatic heterocycles. The van der Waals surface area contributed by atoms with Crippen LogP contribution in [0, 0.1) is 0 Å². The Morgan fingerprint density at radius 2 is 1.81 bits per heavy atom. The molecule has 0 aliphatic carbocycles. The summed E-state index contributed by atoms with van der Waals surface area (Å²) in [7, 11) is -3.87. The fraction of sp³-hybridized carbons (Fsp3) is 0.400. The summed E-state index contributed by atoms with van der Waals surface area (Å²) in [5.41, 5.74) is -0.471. The third-order valence-corrected chi connectivity index (χ3v) is 6.94. The molecule has 1 N–H and O–H groups in total. The van der Waals surface area contributed by atoms with E-state index in [-0.39, 0.29) is 36.5 Å². The van der Waals surface area contributed by atoms with Gasteiger partial charge in [-0.3, -0.25) is 4.79 Å². The molecule has 0 saturated carbocycles. The number of hydrogen-bond acceptors (Lipinski definition) is 5. The van der Waals surface area contributed by atoms with E-state index in [1.807, 2.05) is 0 Å². The van der Waals surface area contributed by atoms with Crippen LogP contribution in [0.5, 0.6) is 0 Å². The summed E-state index contributed by atoms with van der Waals surface area (Å²) >= 11 is 0. The highest BCUT2D eigenvalue weighted by Gasteiger charge is 2.37. The first-order chi connectivity index (χ1) is 14.4. The van der Waals surface area contributed by atoms with Gasteiger partial charge in [0.2, 0.25) is 10.0 Å². The number of sulfonamides is 1. The molecule has 2 aromatic rings. The fourth-order valence-corrected chi connectivity index (χ4v) is 5.44. The van der Waals surface area contributed by atoms with Crippen molar-refractivity contribution in [3.63, 3.8) is 0 Å². The van der Waals surface area contributed by atoms with Crippen LogP contribution in [0.15, 0.2) is 47.5 Å². The van der Waals surface area contributed by atoms with Crippen LogP contribution >= 0.6 is 0 Å². The van der Waals surface area contributed by atoms with Gasteiger partial charge in [-0.05, 0) is 43.7 Å².